The summed E-state index contributed by atoms with van der Waals surface area (Å²) in [6.07, 6.45) is 1.15. The molecule has 0 fully saturated rings. The molecule has 2 atom stereocenters. The van der Waals surface area contributed by atoms with Gasteiger partial charge >= 0.3 is 5.97 Å². The maximum Gasteiger partial charge on any atom is 0.328 e. The molecule has 0 aromatic heterocycles. The molecule has 0 saturated carbocycles. The zero-order valence-electron chi connectivity index (χ0n) is 14.7. The van der Waals surface area contributed by atoms with Gasteiger partial charge in [0.25, 0.3) is 0 Å². The van der Waals surface area contributed by atoms with Crippen LogP contribution < -0.4 is 5.32 Å². The van der Waals surface area contributed by atoms with E-state index in [-0.39, 0.29) is 17.9 Å². The zero-order valence-corrected chi connectivity index (χ0v) is 14.7. The largest absolute Gasteiger partial charge is 0.467 e. The summed E-state index contributed by atoms with van der Waals surface area (Å²) in [4.78, 5) is 26.4. The predicted molar refractivity (Wildman–Crippen MR) is 91.0 cm³/mol. The predicted octanol–water partition coefficient (Wildman–Crippen LogP) is 1.86. The number of esters is 1. The molecule has 23 heavy (non-hydrogen) atoms. The Morgan fingerprint density at radius 3 is 2.26 bits per heavy atom. The van der Waals surface area contributed by atoms with Crippen LogP contribution in [0.3, 0.4) is 0 Å². The van der Waals surface area contributed by atoms with E-state index in [0.29, 0.717) is 12.8 Å². The lowest BCUT2D eigenvalue weighted by Gasteiger charge is -2.26. The lowest BCUT2D eigenvalue weighted by Crippen LogP contribution is -2.51. The third kappa shape index (κ3) is 6.40. The Morgan fingerprint density at radius 1 is 1.17 bits per heavy atom. The van der Waals surface area contributed by atoms with E-state index in [1.54, 1.807) is 0 Å². The van der Waals surface area contributed by atoms with Crippen LogP contribution in [-0.4, -0.2) is 50.1 Å². The van der Waals surface area contributed by atoms with Crippen molar-refractivity contribution in [2.75, 3.05) is 21.2 Å². The third-order valence-electron chi connectivity index (χ3n) is 3.71. The number of amides is 1. The first-order valence-corrected chi connectivity index (χ1v) is 7.93. The minimum atomic E-state index is -0.606. The summed E-state index contributed by atoms with van der Waals surface area (Å²) >= 11 is 0. The summed E-state index contributed by atoms with van der Waals surface area (Å²) in [7, 11) is 5.07. The van der Waals surface area contributed by atoms with Gasteiger partial charge in [0.05, 0.1) is 13.2 Å². The SMILES string of the molecule is COC(=O)[C@H](CC(C)C)NC(=O)[C@@H](Cc1ccccc1)N(C)C. The van der Waals surface area contributed by atoms with Crippen molar-refractivity contribution in [3.63, 3.8) is 0 Å². The number of likely N-dealkylation sites (N-methyl/N-ethyl adjacent to an activating group) is 1. The van der Waals surface area contributed by atoms with Crippen LogP contribution in [0.2, 0.25) is 0 Å². The number of carbonyl (C=O) groups is 2. The summed E-state index contributed by atoms with van der Waals surface area (Å²) in [5, 5.41) is 2.85. The Balaban J connectivity index is 2.81. The van der Waals surface area contributed by atoms with Crippen molar-refractivity contribution in [3.05, 3.63) is 35.9 Å². The van der Waals surface area contributed by atoms with Crippen LogP contribution in [0.5, 0.6) is 0 Å². The Labute approximate surface area is 139 Å². The van der Waals surface area contributed by atoms with Crippen LogP contribution in [0, 0.1) is 5.92 Å². The monoisotopic (exact) mass is 320 g/mol. The number of methoxy groups -OCH3 is 1. The molecule has 1 rings (SSSR count). The van der Waals surface area contributed by atoms with Crippen molar-refractivity contribution in [2.24, 2.45) is 5.92 Å². The topological polar surface area (TPSA) is 58.6 Å². The Kier molecular flexibility index (Phi) is 7.75. The number of rotatable bonds is 8. The van der Waals surface area contributed by atoms with Gasteiger partial charge in [-0.3, -0.25) is 9.69 Å². The molecule has 0 heterocycles. The lowest BCUT2D eigenvalue weighted by atomic mass is 10.0. The summed E-state index contributed by atoms with van der Waals surface area (Å²) in [6, 6.07) is 8.91. The molecular weight excluding hydrogens is 292 g/mol. The second-order valence-electron chi connectivity index (χ2n) is 6.38. The van der Waals surface area contributed by atoms with Gasteiger partial charge < -0.3 is 10.1 Å². The van der Waals surface area contributed by atoms with Crippen molar-refractivity contribution in [1.82, 2.24) is 10.2 Å². The molecular formula is C18H28N2O3. The standard InChI is InChI=1S/C18H28N2O3/c1-13(2)11-15(18(22)23-5)19-17(21)16(20(3)4)12-14-9-7-6-8-10-14/h6-10,13,15-16H,11-12H2,1-5H3,(H,19,21)/t15-,16+/m0/s1. The first kappa shape index (κ1) is 19.2. The molecule has 1 N–H and O–H groups in total. The molecule has 5 heteroatoms. The van der Waals surface area contributed by atoms with E-state index in [1.165, 1.54) is 7.11 Å². The summed E-state index contributed by atoms with van der Waals surface area (Å²) in [5.74, 6) is -0.273. The number of nitrogens with one attached hydrogen (secondary N) is 1. The average Bonchev–Trinajstić information content (AvgIpc) is 2.51. The van der Waals surface area contributed by atoms with E-state index < -0.39 is 12.0 Å². The molecule has 0 radical (unpaired) electrons. The summed E-state index contributed by atoms with van der Waals surface area (Å²) in [6.45, 7) is 4.02. The number of carbonyl (C=O) groups excluding carboxylic acids is 2. The maximum absolute atomic E-state index is 12.6. The first-order valence-electron chi connectivity index (χ1n) is 7.93. The van der Waals surface area contributed by atoms with Crippen LogP contribution in [0.1, 0.15) is 25.8 Å². The minimum absolute atomic E-state index is 0.157. The van der Waals surface area contributed by atoms with Crippen molar-refractivity contribution in [2.45, 2.75) is 38.8 Å². The van der Waals surface area contributed by atoms with Gasteiger partial charge in [0.2, 0.25) is 5.91 Å². The van der Waals surface area contributed by atoms with Crippen LogP contribution in [0.25, 0.3) is 0 Å². The third-order valence-corrected chi connectivity index (χ3v) is 3.71. The van der Waals surface area contributed by atoms with E-state index in [2.05, 4.69) is 5.32 Å². The normalized spacial score (nSPS) is 13.7. The zero-order chi connectivity index (χ0) is 17.4. The van der Waals surface area contributed by atoms with Crippen LogP contribution in [0.4, 0.5) is 0 Å². The van der Waals surface area contributed by atoms with Crippen molar-refractivity contribution < 1.29 is 14.3 Å². The smallest absolute Gasteiger partial charge is 0.328 e. The molecule has 0 spiro atoms. The molecule has 0 aliphatic heterocycles. The molecule has 1 aromatic rings. The van der Waals surface area contributed by atoms with Gasteiger partial charge in [-0.15, -0.1) is 0 Å². The maximum atomic E-state index is 12.6. The fraction of sp³-hybridized carbons (Fsp3) is 0.556. The van der Waals surface area contributed by atoms with E-state index in [1.807, 2.05) is 63.2 Å². The van der Waals surface area contributed by atoms with Gasteiger partial charge in [-0.2, -0.15) is 0 Å². The Hall–Kier alpha value is -1.88. The lowest BCUT2D eigenvalue weighted by molar-refractivity contribution is -0.146. The van der Waals surface area contributed by atoms with Crippen molar-refractivity contribution >= 4 is 11.9 Å². The number of hydrogen-bond donors (Lipinski definition) is 1. The highest BCUT2D eigenvalue weighted by Gasteiger charge is 2.28. The van der Waals surface area contributed by atoms with Gasteiger partial charge in [-0.1, -0.05) is 44.2 Å². The van der Waals surface area contributed by atoms with E-state index in [0.717, 1.165) is 5.56 Å². The average molecular weight is 320 g/mol. The number of hydrogen-bond acceptors (Lipinski definition) is 4. The summed E-state index contributed by atoms with van der Waals surface area (Å²) in [5.41, 5.74) is 1.08. The number of benzene rings is 1. The van der Waals surface area contributed by atoms with Crippen LogP contribution in [0.15, 0.2) is 30.3 Å². The molecule has 0 unspecified atom stereocenters. The highest BCUT2D eigenvalue weighted by Crippen LogP contribution is 2.10. The number of ether oxygens (including phenoxy) is 1. The highest BCUT2D eigenvalue weighted by atomic mass is 16.5. The van der Waals surface area contributed by atoms with Gasteiger partial charge in [0.15, 0.2) is 0 Å². The Bertz CT molecular complexity index is 500. The molecule has 1 amide bonds. The molecule has 0 aliphatic rings. The van der Waals surface area contributed by atoms with Gasteiger partial charge in [-0.05, 0) is 38.4 Å². The van der Waals surface area contributed by atoms with Crippen LogP contribution >= 0.6 is 0 Å². The Morgan fingerprint density at radius 2 is 1.78 bits per heavy atom. The molecule has 5 nitrogen and oxygen atoms in total. The van der Waals surface area contributed by atoms with Crippen molar-refractivity contribution in [1.29, 1.82) is 0 Å². The minimum Gasteiger partial charge on any atom is -0.467 e. The number of nitrogens with zero attached hydrogens (tertiary/aromatic N) is 1. The van der Waals surface area contributed by atoms with Gasteiger partial charge in [-0.25, -0.2) is 4.79 Å². The summed E-state index contributed by atoms with van der Waals surface area (Å²) < 4.78 is 4.81. The second-order valence-corrected chi connectivity index (χ2v) is 6.38. The second kappa shape index (κ2) is 9.30. The fourth-order valence-corrected chi connectivity index (χ4v) is 2.44. The van der Waals surface area contributed by atoms with E-state index >= 15 is 0 Å². The highest BCUT2D eigenvalue weighted by molar-refractivity contribution is 5.87. The van der Waals surface area contributed by atoms with Crippen molar-refractivity contribution in [3.8, 4) is 0 Å². The van der Waals surface area contributed by atoms with E-state index in [4.69, 9.17) is 4.74 Å². The molecule has 128 valence electrons. The quantitative estimate of drug-likeness (QED) is 0.743. The molecule has 0 bridgehead atoms. The molecule has 0 saturated heterocycles. The van der Waals surface area contributed by atoms with Gasteiger partial charge in [0.1, 0.15) is 6.04 Å². The van der Waals surface area contributed by atoms with Crippen LogP contribution in [-0.2, 0) is 20.7 Å². The first-order chi connectivity index (χ1) is 10.8. The van der Waals surface area contributed by atoms with E-state index in [9.17, 15) is 9.59 Å². The fourth-order valence-electron chi connectivity index (χ4n) is 2.44. The molecule has 0 aliphatic carbocycles. The van der Waals surface area contributed by atoms with Gasteiger partial charge in [0, 0.05) is 0 Å². The molecule has 1 aromatic carbocycles.